The number of halogens is 2. The van der Waals surface area contributed by atoms with Gasteiger partial charge in [0.05, 0.1) is 19.3 Å². The van der Waals surface area contributed by atoms with Crippen molar-refractivity contribution < 1.29 is 13.5 Å². The molecular weight excluding hydrogens is 252 g/mol. The second-order valence-corrected chi connectivity index (χ2v) is 4.09. The summed E-state index contributed by atoms with van der Waals surface area (Å²) < 4.78 is 31.4. The number of aryl methyl sites for hydroxylation is 1. The van der Waals surface area contributed by atoms with Gasteiger partial charge < -0.3 is 10.1 Å². The summed E-state index contributed by atoms with van der Waals surface area (Å²) in [6.45, 7) is -0.430. The van der Waals surface area contributed by atoms with Crippen LogP contribution in [-0.4, -0.2) is 16.7 Å². The smallest absolute Gasteiger partial charge is 0.319 e. The molecule has 0 aliphatic heterocycles. The molecule has 0 amide bonds. The van der Waals surface area contributed by atoms with Crippen molar-refractivity contribution in [1.82, 2.24) is 9.55 Å². The second kappa shape index (κ2) is 5.69. The van der Waals surface area contributed by atoms with E-state index in [1.807, 2.05) is 25.1 Å². The third kappa shape index (κ3) is 3.01. The minimum absolute atomic E-state index is 0.206. The molecule has 1 N–H and O–H groups in total. The molecule has 6 heteroatoms. The molecule has 0 aliphatic rings. The van der Waals surface area contributed by atoms with Crippen LogP contribution in [0.25, 0.3) is 0 Å². The van der Waals surface area contributed by atoms with Crippen LogP contribution >= 0.6 is 0 Å². The van der Waals surface area contributed by atoms with Crippen LogP contribution in [0.2, 0.25) is 0 Å². The third-order valence-corrected chi connectivity index (χ3v) is 2.75. The highest BCUT2D eigenvalue weighted by atomic mass is 19.3. The van der Waals surface area contributed by atoms with Gasteiger partial charge in [-0.3, -0.25) is 4.57 Å². The maximum absolute atomic E-state index is 12.7. The number of hydrogen-bond acceptors (Lipinski definition) is 3. The molecule has 0 aliphatic carbocycles. The zero-order chi connectivity index (χ0) is 13.8. The van der Waals surface area contributed by atoms with E-state index >= 15 is 0 Å². The zero-order valence-electron chi connectivity index (χ0n) is 10.7. The highest BCUT2D eigenvalue weighted by Crippen LogP contribution is 2.25. The standard InChI is InChI=1S/C13H15F2N3O/c1-9-3-4-11(19-2)10(7-9)17-8-12-16-5-6-18(12)13(14)15/h3-7,13,17H,8H2,1-2H3. The maximum atomic E-state index is 12.7. The van der Waals surface area contributed by atoms with Gasteiger partial charge >= 0.3 is 6.55 Å². The van der Waals surface area contributed by atoms with E-state index in [2.05, 4.69) is 10.3 Å². The van der Waals surface area contributed by atoms with Crippen LogP contribution in [0, 0.1) is 6.92 Å². The molecule has 0 radical (unpaired) electrons. The largest absolute Gasteiger partial charge is 0.495 e. The van der Waals surface area contributed by atoms with Gasteiger partial charge in [-0.25, -0.2) is 4.98 Å². The van der Waals surface area contributed by atoms with Crippen molar-refractivity contribution in [2.24, 2.45) is 0 Å². The predicted octanol–water partition coefficient (Wildman–Crippen LogP) is 3.21. The quantitative estimate of drug-likeness (QED) is 0.904. The number of ether oxygens (including phenoxy) is 1. The molecule has 0 atom stereocenters. The monoisotopic (exact) mass is 267 g/mol. The van der Waals surface area contributed by atoms with Crippen LogP contribution in [0.3, 0.4) is 0 Å². The number of rotatable bonds is 5. The van der Waals surface area contributed by atoms with E-state index in [4.69, 9.17) is 4.74 Å². The lowest BCUT2D eigenvalue weighted by Crippen LogP contribution is -2.09. The fraction of sp³-hybridized carbons (Fsp3) is 0.308. The molecule has 0 bridgehead atoms. The van der Waals surface area contributed by atoms with E-state index < -0.39 is 6.55 Å². The van der Waals surface area contributed by atoms with Gasteiger partial charge in [0.1, 0.15) is 11.6 Å². The Labute approximate surface area is 110 Å². The van der Waals surface area contributed by atoms with Crippen LogP contribution in [0.4, 0.5) is 14.5 Å². The number of aromatic nitrogens is 2. The molecule has 1 aromatic carbocycles. The maximum Gasteiger partial charge on any atom is 0.319 e. The molecule has 0 fully saturated rings. The van der Waals surface area contributed by atoms with Gasteiger partial charge in [0, 0.05) is 12.4 Å². The van der Waals surface area contributed by atoms with Crippen molar-refractivity contribution in [3.63, 3.8) is 0 Å². The Bertz CT molecular complexity index is 555. The zero-order valence-corrected chi connectivity index (χ0v) is 10.7. The van der Waals surface area contributed by atoms with Crippen LogP contribution in [0.5, 0.6) is 5.75 Å². The van der Waals surface area contributed by atoms with Crippen LogP contribution < -0.4 is 10.1 Å². The minimum Gasteiger partial charge on any atom is -0.495 e. The van der Waals surface area contributed by atoms with Gasteiger partial charge in [-0.15, -0.1) is 0 Å². The van der Waals surface area contributed by atoms with E-state index in [0.29, 0.717) is 5.75 Å². The lowest BCUT2D eigenvalue weighted by atomic mass is 10.2. The summed E-state index contributed by atoms with van der Waals surface area (Å²) in [5.74, 6) is 0.944. The summed E-state index contributed by atoms with van der Waals surface area (Å²) in [6, 6.07) is 5.65. The molecule has 2 aromatic rings. The Hall–Kier alpha value is -2.11. The van der Waals surface area contributed by atoms with E-state index in [0.717, 1.165) is 15.8 Å². The fourth-order valence-electron chi connectivity index (χ4n) is 1.79. The van der Waals surface area contributed by atoms with E-state index in [9.17, 15) is 8.78 Å². The third-order valence-electron chi connectivity index (χ3n) is 2.75. The summed E-state index contributed by atoms with van der Waals surface area (Å²) in [7, 11) is 1.57. The molecule has 1 heterocycles. The first kappa shape index (κ1) is 13.3. The Morgan fingerprint density at radius 1 is 1.42 bits per heavy atom. The number of methoxy groups -OCH3 is 1. The van der Waals surface area contributed by atoms with Gasteiger partial charge in [-0.1, -0.05) is 6.07 Å². The molecule has 19 heavy (non-hydrogen) atoms. The summed E-state index contributed by atoms with van der Waals surface area (Å²) in [6.07, 6.45) is 2.62. The van der Waals surface area contributed by atoms with E-state index in [1.165, 1.54) is 12.4 Å². The average Bonchev–Trinajstić information content (AvgIpc) is 2.85. The summed E-state index contributed by atoms with van der Waals surface area (Å²) >= 11 is 0. The lowest BCUT2D eigenvalue weighted by Gasteiger charge is -2.12. The number of nitrogens with zero attached hydrogens (tertiary/aromatic N) is 2. The van der Waals surface area contributed by atoms with Crippen LogP contribution in [-0.2, 0) is 6.54 Å². The fourth-order valence-corrected chi connectivity index (χ4v) is 1.79. The molecule has 4 nitrogen and oxygen atoms in total. The molecule has 0 unspecified atom stereocenters. The van der Waals surface area contributed by atoms with Gasteiger partial charge in [-0.05, 0) is 24.6 Å². The Balaban J connectivity index is 2.14. The Morgan fingerprint density at radius 2 is 2.21 bits per heavy atom. The summed E-state index contributed by atoms with van der Waals surface area (Å²) in [5.41, 5.74) is 1.81. The molecule has 0 spiro atoms. The SMILES string of the molecule is COc1ccc(C)cc1NCc1nccn1C(F)F. The Morgan fingerprint density at radius 3 is 2.89 bits per heavy atom. The topological polar surface area (TPSA) is 39.1 Å². The molecule has 0 saturated carbocycles. The first-order valence-electron chi connectivity index (χ1n) is 5.80. The van der Waals surface area contributed by atoms with Crippen molar-refractivity contribution >= 4 is 5.69 Å². The lowest BCUT2D eigenvalue weighted by molar-refractivity contribution is 0.0673. The average molecular weight is 267 g/mol. The number of alkyl halides is 2. The molecule has 102 valence electrons. The highest BCUT2D eigenvalue weighted by molar-refractivity contribution is 5.57. The van der Waals surface area contributed by atoms with Gasteiger partial charge in [-0.2, -0.15) is 8.78 Å². The van der Waals surface area contributed by atoms with Crippen LogP contribution in [0.15, 0.2) is 30.6 Å². The number of benzene rings is 1. The van der Waals surface area contributed by atoms with Crippen molar-refractivity contribution in [2.45, 2.75) is 20.0 Å². The molecule has 1 aromatic heterocycles. The van der Waals surface area contributed by atoms with E-state index in [-0.39, 0.29) is 12.4 Å². The van der Waals surface area contributed by atoms with Gasteiger partial charge in [0.2, 0.25) is 0 Å². The van der Waals surface area contributed by atoms with Crippen molar-refractivity contribution in [3.8, 4) is 5.75 Å². The number of anilines is 1. The van der Waals surface area contributed by atoms with Crippen molar-refractivity contribution in [3.05, 3.63) is 42.0 Å². The Kier molecular flexibility index (Phi) is 3.99. The first-order valence-corrected chi connectivity index (χ1v) is 5.80. The highest BCUT2D eigenvalue weighted by Gasteiger charge is 2.11. The summed E-state index contributed by atoms with van der Waals surface area (Å²) in [5, 5.41) is 3.06. The van der Waals surface area contributed by atoms with Gasteiger partial charge in [0.15, 0.2) is 0 Å². The predicted molar refractivity (Wildman–Crippen MR) is 68.5 cm³/mol. The minimum atomic E-state index is -2.58. The first-order chi connectivity index (χ1) is 9.11. The summed E-state index contributed by atoms with van der Waals surface area (Å²) in [4.78, 5) is 3.91. The number of nitrogens with one attached hydrogen (secondary N) is 1. The second-order valence-electron chi connectivity index (χ2n) is 4.09. The molecule has 0 saturated heterocycles. The number of hydrogen-bond donors (Lipinski definition) is 1. The van der Waals surface area contributed by atoms with Crippen molar-refractivity contribution in [2.75, 3.05) is 12.4 Å². The molecular formula is C13H15F2N3O. The number of imidazole rings is 1. The van der Waals surface area contributed by atoms with Crippen LogP contribution in [0.1, 0.15) is 17.9 Å². The normalized spacial score (nSPS) is 10.8. The van der Waals surface area contributed by atoms with Gasteiger partial charge in [0.25, 0.3) is 0 Å². The van der Waals surface area contributed by atoms with E-state index in [1.54, 1.807) is 7.11 Å². The molecule has 2 rings (SSSR count). The van der Waals surface area contributed by atoms with Crippen molar-refractivity contribution in [1.29, 1.82) is 0 Å².